The number of rotatable bonds is 10. The molecule has 30 heavy (non-hydrogen) atoms. The predicted molar refractivity (Wildman–Crippen MR) is 121 cm³/mol. The fraction of sp³-hybridized carbons (Fsp3) is 0.417. The van der Waals surface area contributed by atoms with Gasteiger partial charge in [-0.1, -0.05) is 42.8 Å². The second-order valence-corrected chi connectivity index (χ2v) is 8.69. The van der Waals surface area contributed by atoms with Crippen LogP contribution in [0.25, 0.3) is 0 Å². The summed E-state index contributed by atoms with van der Waals surface area (Å²) < 4.78 is 14.2. The van der Waals surface area contributed by atoms with E-state index in [1.807, 2.05) is 45.0 Å². The standard InChI is InChI=1S/C24H31FN2O2S/c1-5-18(3)26-24(29)19(4)27(16-20-8-6-7-9-22(20)25)23(28)14-15-30-21-12-10-17(2)11-13-21/h6-13,18-19H,5,14-16H2,1-4H3,(H,26,29)/t18-,19-/m1/s1. The third-order valence-corrected chi connectivity index (χ3v) is 6.09. The Hall–Kier alpha value is -2.34. The van der Waals surface area contributed by atoms with Crippen LogP contribution in [0.15, 0.2) is 53.4 Å². The van der Waals surface area contributed by atoms with E-state index in [0.717, 1.165) is 11.3 Å². The van der Waals surface area contributed by atoms with Crippen LogP contribution in [-0.2, 0) is 16.1 Å². The maximum absolute atomic E-state index is 14.2. The van der Waals surface area contributed by atoms with E-state index < -0.39 is 6.04 Å². The Morgan fingerprint density at radius 1 is 1.10 bits per heavy atom. The number of benzene rings is 2. The minimum absolute atomic E-state index is 0.0162. The summed E-state index contributed by atoms with van der Waals surface area (Å²) in [6.07, 6.45) is 1.07. The van der Waals surface area contributed by atoms with Gasteiger partial charge in [-0.2, -0.15) is 0 Å². The molecule has 4 nitrogen and oxygen atoms in total. The van der Waals surface area contributed by atoms with Crippen molar-refractivity contribution in [2.45, 2.75) is 64.1 Å². The van der Waals surface area contributed by atoms with Crippen LogP contribution < -0.4 is 5.32 Å². The maximum Gasteiger partial charge on any atom is 0.242 e. The third kappa shape index (κ3) is 7.17. The highest BCUT2D eigenvalue weighted by Gasteiger charge is 2.27. The Morgan fingerprint density at radius 3 is 2.40 bits per heavy atom. The minimum atomic E-state index is -0.685. The van der Waals surface area contributed by atoms with Gasteiger partial charge in [-0.05, 0) is 45.4 Å². The molecule has 2 amide bonds. The van der Waals surface area contributed by atoms with Gasteiger partial charge in [0.25, 0.3) is 0 Å². The molecule has 6 heteroatoms. The third-order valence-electron chi connectivity index (χ3n) is 5.07. The van der Waals surface area contributed by atoms with Crippen LogP contribution >= 0.6 is 11.8 Å². The smallest absolute Gasteiger partial charge is 0.242 e. The first-order valence-electron chi connectivity index (χ1n) is 10.3. The van der Waals surface area contributed by atoms with Crippen molar-refractivity contribution in [3.63, 3.8) is 0 Å². The molecule has 2 atom stereocenters. The summed E-state index contributed by atoms with van der Waals surface area (Å²) in [6, 6.07) is 13.8. The highest BCUT2D eigenvalue weighted by molar-refractivity contribution is 7.99. The summed E-state index contributed by atoms with van der Waals surface area (Å²) in [6.45, 7) is 7.70. The van der Waals surface area contributed by atoms with Crippen molar-refractivity contribution in [1.82, 2.24) is 10.2 Å². The average molecular weight is 431 g/mol. The molecular weight excluding hydrogens is 399 g/mol. The van der Waals surface area contributed by atoms with E-state index in [9.17, 15) is 14.0 Å². The number of thioether (sulfide) groups is 1. The Bertz CT molecular complexity index is 841. The normalized spacial score (nSPS) is 12.8. The van der Waals surface area contributed by atoms with E-state index in [1.54, 1.807) is 36.9 Å². The van der Waals surface area contributed by atoms with Gasteiger partial charge in [0.2, 0.25) is 11.8 Å². The van der Waals surface area contributed by atoms with Gasteiger partial charge in [0.1, 0.15) is 11.9 Å². The molecule has 0 bridgehead atoms. The molecule has 0 unspecified atom stereocenters. The largest absolute Gasteiger partial charge is 0.352 e. The van der Waals surface area contributed by atoms with Crippen LogP contribution in [0.3, 0.4) is 0 Å². The molecule has 0 aromatic heterocycles. The summed E-state index contributed by atoms with van der Waals surface area (Å²) in [5.41, 5.74) is 1.59. The number of amides is 2. The molecule has 2 rings (SSSR count). The first-order chi connectivity index (χ1) is 14.3. The van der Waals surface area contributed by atoms with Gasteiger partial charge < -0.3 is 10.2 Å². The molecule has 0 saturated heterocycles. The molecule has 0 aliphatic carbocycles. The number of hydrogen-bond acceptors (Lipinski definition) is 3. The van der Waals surface area contributed by atoms with E-state index >= 15 is 0 Å². The van der Waals surface area contributed by atoms with Crippen molar-refractivity contribution in [2.75, 3.05) is 5.75 Å². The van der Waals surface area contributed by atoms with Crippen molar-refractivity contribution in [3.8, 4) is 0 Å². The van der Waals surface area contributed by atoms with Gasteiger partial charge in [-0.15, -0.1) is 11.8 Å². The molecule has 0 saturated carbocycles. The molecule has 0 spiro atoms. The van der Waals surface area contributed by atoms with E-state index in [4.69, 9.17) is 0 Å². The fourth-order valence-electron chi connectivity index (χ4n) is 2.89. The highest BCUT2D eigenvalue weighted by atomic mass is 32.2. The Balaban J connectivity index is 2.08. The average Bonchev–Trinajstić information content (AvgIpc) is 2.73. The lowest BCUT2D eigenvalue weighted by Gasteiger charge is -2.30. The summed E-state index contributed by atoms with van der Waals surface area (Å²) in [5.74, 6) is -0.168. The SMILES string of the molecule is CC[C@@H](C)NC(=O)[C@@H](C)N(Cc1ccccc1F)C(=O)CCSc1ccc(C)cc1. The van der Waals surface area contributed by atoms with Crippen molar-refractivity contribution < 1.29 is 14.0 Å². The van der Waals surface area contributed by atoms with Crippen LogP contribution in [0.2, 0.25) is 0 Å². The lowest BCUT2D eigenvalue weighted by Crippen LogP contribution is -2.49. The van der Waals surface area contributed by atoms with Crippen LogP contribution in [0.5, 0.6) is 0 Å². The van der Waals surface area contributed by atoms with Gasteiger partial charge in [0.05, 0.1) is 0 Å². The first kappa shape index (κ1) is 23.9. The molecule has 0 fully saturated rings. The van der Waals surface area contributed by atoms with Crippen molar-refractivity contribution in [1.29, 1.82) is 0 Å². The number of carbonyl (C=O) groups is 2. The highest BCUT2D eigenvalue weighted by Crippen LogP contribution is 2.21. The second-order valence-electron chi connectivity index (χ2n) is 7.52. The number of hydrogen-bond donors (Lipinski definition) is 1. The summed E-state index contributed by atoms with van der Waals surface area (Å²) >= 11 is 1.60. The number of nitrogens with one attached hydrogen (secondary N) is 1. The van der Waals surface area contributed by atoms with Gasteiger partial charge in [0.15, 0.2) is 0 Å². The van der Waals surface area contributed by atoms with Gasteiger partial charge in [-0.25, -0.2) is 4.39 Å². The number of nitrogens with zero attached hydrogens (tertiary/aromatic N) is 1. The van der Waals surface area contributed by atoms with Crippen LogP contribution in [0.1, 0.15) is 44.7 Å². The zero-order chi connectivity index (χ0) is 22.1. The lowest BCUT2D eigenvalue weighted by molar-refractivity contribution is -0.140. The number of aryl methyl sites for hydroxylation is 1. The Morgan fingerprint density at radius 2 is 1.77 bits per heavy atom. The molecule has 0 aliphatic rings. The molecule has 1 N–H and O–H groups in total. The lowest BCUT2D eigenvalue weighted by atomic mass is 10.1. The Kier molecular flexibility index (Phi) is 9.37. The first-order valence-corrected chi connectivity index (χ1v) is 11.3. The zero-order valence-corrected chi connectivity index (χ0v) is 19.0. The molecule has 0 radical (unpaired) electrons. The van der Waals surface area contributed by atoms with E-state index in [2.05, 4.69) is 5.32 Å². The summed E-state index contributed by atoms with van der Waals surface area (Å²) in [7, 11) is 0. The quantitative estimate of drug-likeness (QED) is 0.543. The van der Waals surface area contributed by atoms with Crippen molar-refractivity contribution in [2.24, 2.45) is 0 Å². The van der Waals surface area contributed by atoms with Gasteiger partial charge in [-0.3, -0.25) is 9.59 Å². The maximum atomic E-state index is 14.2. The Labute approximate surface area is 183 Å². The predicted octanol–water partition coefficient (Wildman–Crippen LogP) is 4.95. The number of carbonyl (C=O) groups excluding carboxylic acids is 2. The fourth-order valence-corrected chi connectivity index (χ4v) is 3.73. The van der Waals surface area contributed by atoms with Crippen LogP contribution in [-0.4, -0.2) is 34.6 Å². The topological polar surface area (TPSA) is 49.4 Å². The second kappa shape index (κ2) is 11.7. The monoisotopic (exact) mass is 430 g/mol. The molecule has 2 aromatic carbocycles. The molecule has 0 aliphatic heterocycles. The van der Waals surface area contributed by atoms with Crippen LogP contribution in [0.4, 0.5) is 4.39 Å². The van der Waals surface area contributed by atoms with Gasteiger partial charge in [0, 0.05) is 35.2 Å². The number of halogens is 1. The molecular formula is C24H31FN2O2S. The van der Waals surface area contributed by atoms with Gasteiger partial charge >= 0.3 is 0 Å². The van der Waals surface area contributed by atoms with Crippen LogP contribution in [0, 0.1) is 12.7 Å². The minimum Gasteiger partial charge on any atom is -0.352 e. The summed E-state index contributed by atoms with van der Waals surface area (Å²) in [4.78, 5) is 28.2. The molecule has 0 heterocycles. The van der Waals surface area contributed by atoms with E-state index in [-0.39, 0.29) is 36.6 Å². The molecule has 2 aromatic rings. The van der Waals surface area contributed by atoms with Crippen molar-refractivity contribution >= 4 is 23.6 Å². The van der Waals surface area contributed by atoms with Crippen molar-refractivity contribution in [3.05, 3.63) is 65.5 Å². The van der Waals surface area contributed by atoms with E-state index in [0.29, 0.717) is 11.3 Å². The zero-order valence-electron chi connectivity index (χ0n) is 18.2. The molecule has 162 valence electrons. The summed E-state index contributed by atoms with van der Waals surface area (Å²) in [5, 5.41) is 2.92. The van der Waals surface area contributed by atoms with E-state index in [1.165, 1.54) is 16.5 Å².